The van der Waals surface area contributed by atoms with Gasteiger partial charge in [-0.15, -0.1) is 0 Å². The number of carbonyl (C=O) groups is 2. The molecule has 0 atom stereocenters. The van der Waals surface area contributed by atoms with Crippen molar-refractivity contribution >= 4 is 40.9 Å². The van der Waals surface area contributed by atoms with E-state index < -0.39 is 0 Å². The van der Waals surface area contributed by atoms with Gasteiger partial charge in [0.2, 0.25) is 11.9 Å². The Labute approximate surface area is 233 Å². The molecule has 3 heterocycles. The highest BCUT2D eigenvalue weighted by molar-refractivity contribution is 6.03. The topological polar surface area (TPSA) is 108 Å². The molecule has 7 rings (SSSR count). The average Bonchev–Trinajstić information content (AvgIpc) is 3.66. The number of rotatable bonds is 8. The summed E-state index contributed by atoms with van der Waals surface area (Å²) in [5, 5.41) is 10.3. The number of benzene rings is 1. The van der Waals surface area contributed by atoms with E-state index in [-0.39, 0.29) is 18.0 Å². The number of carbonyl (C=O) groups excluding carboxylic acids is 2. The van der Waals surface area contributed by atoms with Crippen LogP contribution >= 0.6 is 0 Å². The summed E-state index contributed by atoms with van der Waals surface area (Å²) in [4.78, 5) is 39.2. The van der Waals surface area contributed by atoms with E-state index >= 15 is 0 Å². The number of fused-ring (bicyclic) bond motifs is 1. The zero-order valence-corrected chi connectivity index (χ0v) is 22.7. The Kier molecular flexibility index (Phi) is 6.05. The minimum Gasteiger partial charge on any atom is -0.322 e. The molecule has 1 aromatic carbocycles. The fourth-order valence-corrected chi connectivity index (χ4v) is 6.44. The van der Waals surface area contributed by atoms with Gasteiger partial charge in [0, 0.05) is 36.6 Å². The van der Waals surface area contributed by atoms with Crippen LogP contribution in [0.25, 0.3) is 0 Å². The van der Waals surface area contributed by atoms with E-state index in [9.17, 15) is 9.59 Å². The first kappa shape index (κ1) is 24.8. The zero-order chi connectivity index (χ0) is 27.3. The molecule has 1 spiro atoms. The lowest BCUT2D eigenvalue weighted by Crippen LogP contribution is -2.46. The van der Waals surface area contributed by atoms with E-state index in [4.69, 9.17) is 4.98 Å². The van der Waals surface area contributed by atoms with Crippen molar-refractivity contribution in [2.75, 3.05) is 15.5 Å². The normalized spacial score (nSPS) is 19.9. The van der Waals surface area contributed by atoms with Gasteiger partial charge in [-0.3, -0.25) is 9.48 Å². The monoisotopic (exact) mass is 538 g/mol. The standard InChI is InChI=1S/C30H34N8O2/c1-36-25(11-14-32-36)34-28-31-18-21-19-37(23-9-10-23)29(40)38(27(21)35-28)24-7-3-6-22(15-24)33-26(39)8-2-5-20-16-30(17-20)12-4-13-30/h2-3,6-8,11,14-15,18,20,23H,4-5,9-10,12-13,16-17,19H2,1H3,(H,33,39)(H,31,34,35)/b8-2+. The predicted octanol–water partition coefficient (Wildman–Crippen LogP) is 5.65. The SMILES string of the molecule is Cn1nccc1Nc1ncc2c(n1)N(c1cccc(NC(=O)/C=C/CC3CC4(CCC4)C3)c1)C(=O)N(C1CC1)C2. The van der Waals surface area contributed by atoms with E-state index in [0.29, 0.717) is 41.0 Å². The molecule has 3 aromatic rings. The number of aromatic nitrogens is 4. The van der Waals surface area contributed by atoms with Gasteiger partial charge in [0.25, 0.3) is 0 Å². The number of nitrogens with zero attached hydrogens (tertiary/aromatic N) is 6. The molecule has 206 valence electrons. The smallest absolute Gasteiger partial charge is 0.322 e. The fourth-order valence-electron chi connectivity index (χ4n) is 6.44. The van der Waals surface area contributed by atoms with E-state index in [1.54, 1.807) is 28.1 Å². The number of hydrogen-bond acceptors (Lipinski definition) is 6. The van der Waals surface area contributed by atoms with Crippen LogP contribution in [0.2, 0.25) is 0 Å². The number of anilines is 5. The summed E-state index contributed by atoms with van der Waals surface area (Å²) in [6, 6.07) is 9.33. The maximum Gasteiger partial charge on any atom is 0.330 e. The van der Waals surface area contributed by atoms with E-state index in [0.717, 1.165) is 30.6 Å². The summed E-state index contributed by atoms with van der Waals surface area (Å²) in [5.74, 6) is 2.21. The molecule has 0 unspecified atom stereocenters. The second-order valence-electron chi connectivity index (χ2n) is 11.8. The molecule has 40 heavy (non-hydrogen) atoms. The van der Waals surface area contributed by atoms with Gasteiger partial charge in [-0.2, -0.15) is 10.1 Å². The molecule has 3 aliphatic carbocycles. The summed E-state index contributed by atoms with van der Waals surface area (Å²) in [6.45, 7) is 0.477. The number of nitrogens with one attached hydrogen (secondary N) is 2. The zero-order valence-electron chi connectivity index (χ0n) is 22.7. The van der Waals surface area contributed by atoms with Crippen molar-refractivity contribution in [3.05, 3.63) is 60.4 Å². The largest absolute Gasteiger partial charge is 0.330 e. The lowest BCUT2D eigenvalue weighted by Gasteiger charge is -2.54. The molecular formula is C30H34N8O2. The highest BCUT2D eigenvalue weighted by atomic mass is 16.2. The lowest BCUT2D eigenvalue weighted by atomic mass is 9.51. The Morgan fingerprint density at radius 2 is 2.05 bits per heavy atom. The maximum absolute atomic E-state index is 13.8. The highest BCUT2D eigenvalue weighted by Gasteiger charge is 2.47. The van der Waals surface area contributed by atoms with Crippen molar-refractivity contribution < 1.29 is 9.59 Å². The molecule has 0 saturated heterocycles. The van der Waals surface area contributed by atoms with Gasteiger partial charge >= 0.3 is 6.03 Å². The van der Waals surface area contributed by atoms with E-state index in [1.165, 1.54) is 32.1 Å². The molecule has 0 radical (unpaired) electrons. The van der Waals surface area contributed by atoms with Crippen LogP contribution in [0.3, 0.4) is 0 Å². The van der Waals surface area contributed by atoms with Gasteiger partial charge in [-0.25, -0.2) is 14.7 Å². The molecule has 3 fully saturated rings. The Hall–Kier alpha value is -4.21. The van der Waals surface area contributed by atoms with Crippen LogP contribution in [0, 0.1) is 11.3 Å². The van der Waals surface area contributed by atoms with Crippen molar-refractivity contribution in [1.82, 2.24) is 24.6 Å². The molecule has 3 amide bonds. The lowest BCUT2D eigenvalue weighted by molar-refractivity contribution is -0.111. The van der Waals surface area contributed by atoms with Gasteiger partial charge in [-0.05, 0) is 80.6 Å². The maximum atomic E-state index is 13.8. The first-order chi connectivity index (χ1) is 19.5. The van der Waals surface area contributed by atoms with Crippen molar-refractivity contribution in [1.29, 1.82) is 0 Å². The Bertz CT molecular complexity index is 1480. The second kappa shape index (κ2) is 9.76. The summed E-state index contributed by atoms with van der Waals surface area (Å²) in [7, 11) is 1.83. The van der Waals surface area contributed by atoms with Gasteiger partial charge < -0.3 is 15.5 Å². The first-order valence-electron chi connectivity index (χ1n) is 14.3. The van der Waals surface area contributed by atoms with Crippen molar-refractivity contribution in [3.63, 3.8) is 0 Å². The van der Waals surface area contributed by atoms with Crippen LogP contribution < -0.4 is 15.5 Å². The third-order valence-corrected chi connectivity index (χ3v) is 8.85. The number of hydrogen-bond donors (Lipinski definition) is 2. The minimum atomic E-state index is -0.162. The Balaban J connectivity index is 1.09. The molecule has 0 bridgehead atoms. The van der Waals surface area contributed by atoms with Gasteiger partial charge in [0.1, 0.15) is 5.82 Å². The van der Waals surface area contributed by atoms with Crippen LogP contribution in [0.1, 0.15) is 56.9 Å². The van der Waals surface area contributed by atoms with Gasteiger partial charge in [-0.1, -0.05) is 18.6 Å². The molecule has 10 heteroatoms. The van der Waals surface area contributed by atoms with E-state index in [2.05, 4.69) is 20.7 Å². The van der Waals surface area contributed by atoms with Crippen LogP contribution in [0.15, 0.2) is 54.9 Å². The highest BCUT2D eigenvalue weighted by Crippen LogP contribution is 2.59. The molecule has 2 aromatic heterocycles. The van der Waals surface area contributed by atoms with Crippen LogP contribution in [-0.4, -0.2) is 42.6 Å². The van der Waals surface area contributed by atoms with E-state index in [1.807, 2.05) is 48.4 Å². The number of allylic oxidation sites excluding steroid dienone is 1. The van der Waals surface area contributed by atoms with Crippen molar-refractivity contribution in [3.8, 4) is 0 Å². The Morgan fingerprint density at radius 1 is 1.20 bits per heavy atom. The summed E-state index contributed by atoms with van der Waals surface area (Å²) >= 11 is 0. The number of aryl methyl sites for hydroxylation is 1. The Morgan fingerprint density at radius 3 is 2.77 bits per heavy atom. The van der Waals surface area contributed by atoms with Gasteiger partial charge in [0.05, 0.1) is 18.4 Å². The number of urea groups is 1. The fraction of sp³-hybridized carbons (Fsp3) is 0.433. The van der Waals surface area contributed by atoms with Crippen molar-refractivity contribution in [2.24, 2.45) is 18.4 Å². The third kappa shape index (κ3) is 4.71. The van der Waals surface area contributed by atoms with Crippen LogP contribution in [0.4, 0.5) is 33.8 Å². The molecular weight excluding hydrogens is 504 g/mol. The quantitative estimate of drug-likeness (QED) is 0.359. The number of amides is 3. The van der Waals surface area contributed by atoms with Crippen LogP contribution in [0.5, 0.6) is 0 Å². The minimum absolute atomic E-state index is 0.117. The molecule has 3 saturated carbocycles. The predicted molar refractivity (Wildman–Crippen MR) is 152 cm³/mol. The molecule has 4 aliphatic rings. The second-order valence-corrected chi connectivity index (χ2v) is 11.8. The molecule has 2 N–H and O–H groups in total. The molecule has 1 aliphatic heterocycles. The summed E-state index contributed by atoms with van der Waals surface area (Å²) in [5.41, 5.74) is 2.80. The third-order valence-electron chi connectivity index (χ3n) is 8.85. The summed E-state index contributed by atoms with van der Waals surface area (Å²) < 4.78 is 1.69. The van der Waals surface area contributed by atoms with Gasteiger partial charge in [0.15, 0.2) is 5.82 Å². The summed E-state index contributed by atoms with van der Waals surface area (Å²) in [6.07, 6.45) is 16.9. The molecule has 10 nitrogen and oxygen atoms in total. The van der Waals surface area contributed by atoms with Crippen molar-refractivity contribution in [2.45, 2.75) is 64.0 Å². The average molecular weight is 539 g/mol. The van der Waals surface area contributed by atoms with Crippen LogP contribution in [-0.2, 0) is 18.4 Å². The first-order valence-corrected chi connectivity index (χ1v) is 14.3.